The first kappa shape index (κ1) is 15.2. The van der Waals surface area contributed by atoms with Crippen molar-refractivity contribution < 1.29 is 9.59 Å². The van der Waals surface area contributed by atoms with Gasteiger partial charge in [-0.1, -0.05) is 11.6 Å². The number of likely N-dealkylation sites (tertiary alicyclic amines) is 1. The molecule has 2 N–H and O–H groups in total. The van der Waals surface area contributed by atoms with Crippen LogP contribution in [0, 0.1) is 5.92 Å². The second kappa shape index (κ2) is 6.50. The van der Waals surface area contributed by atoms with Gasteiger partial charge in [0.25, 0.3) is 5.91 Å². The smallest absolute Gasteiger partial charge is 0.255 e. The van der Waals surface area contributed by atoms with Gasteiger partial charge in [0.15, 0.2) is 0 Å². The normalized spacial score (nSPS) is 16.2. The van der Waals surface area contributed by atoms with Crippen molar-refractivity contribution in [2.24, 2.45) is 11.7 Å². The molecule has 1 aliphatic heterocycles. The van der Waals surface area contributed by atoms with Crippen molar-refractivity contribution in [2.45, 2.75) is 17.7 Å². The largest absolute Gasteiger partial charge is 0.369 e. The maximum absolute atomic E-state index is 12.5. The second-order valence-electron chi connectivity index (χ2n) is 4.81. The van der Waals surface area contributed by atoms with Crippen molar-refractivity contribution in [2.75, 3.05) is 19.3 Å². The van der Waals surface area contributed by atoms with Crippen LogP contribution in [0.5, 0.6) is 0 Å². The minimum Gasteiger partial charge on any atom is -0.369 e. The maximum atomic E-state index is 12.5. The molecule has 1 aromatic carbocycles. The summed E-state index contributed by atoms with van der Waals surface area (Å²) in [5, 5.41) is 0.463. The Balaban J connectivity index is 2.11. The Morgan fingerprint density at radius 2 is 2.00 bits per heavy atom. The minimum absolute atomic E-state index is 0.0752. The van der Waals surface area contributed by atoms with Crippen molar-refractivity contribution in [3.05, 3.63) is 28.8 Å². The first-order valence-electron chi connectivity index (χ1n) is 6.45. The molecular weight excluding hydrogens is 296 g/mol. The number of benzene rings is 1. The molecule has 0 aliphatic carbocycles. The third kappa shape index (κ3) is 3.27. The third-order valence-corrected chi connectivity index (χ3v) is 4.64. The predicted molar refractivity (Wildman–Crippen MR) is 81.1 cm³/mol. The molecule has 6 heteroatoms. The summed E-state index contributed by atoms with van der Waals surface area (Å²) in [5.41, 5.74) is 5.82. The van der Waals surface area contributed by atoms with Crippen molar-refractivity contribution >= 4 is 35.2 Å². The SMILES string of the molecule is CSc1ccc(Cl)c(C(=O)N2CCC(C(N)=O)CC2)c1. The summed E-state index contributed by atoms with van der Waals surface area (Å²) in [6, 6.07) is 5.45. The van der Waals surface area contributed by atoms with Crippen LogP contribution in [0.25, 0.3) is 0 Å². The summed E-state index contributed by atoms with van der Waals surface area (Å²) in [6.45, 7) is 1.10. The molecule has 0 unspecified atom stereocenters. The molecule has 2 amide bonds. The Morgan fingerprint density at radius 3 is 2.55 bits per heavy atom. The van der Waals surface area contributed by atoms with Crippen LogP contribution >= 0.6 is 23.4 Å². The van der Waals surface area contributed by atoms with Crippen molar-refractivity contribution in [1.82, 2.24) is 4.90 Å². The lowest BCUT2D eigenvalue weighted by Crippen LogP contribution is -2.41. The first-order chi connectivity index (χ1) is 9.52. The molecule has 1 aliphatic rings. The molecule has 0 aromatic heterocycles. The minimum atomic E-state index is -0.278. The molecule has 20 heavy (non-hydrogen) atoms. The van der Waals surface area contributed by atoms with E-state index in [0.29, 0.717) is 36.5 Å². The topological polar surface area (TPSA) is 63.4 Å². The average molecular weight is 313 g/mol. The monoisotopic (exact) mass is 312 g/mol. The van der Waals surface area contributed by atoms with Crippen LogP contribution in [0.15, 0.2) is 23.1 Å². The van der Waals surface area contributed by atoms with E-state index < -0.39 is 0 Å². The Morgan fingerprint density at radius 1 is 1.35 bits per heavy atom. The summed E-state index contributed by atoms with van der Waals surface area (Å²) in [6.07, 6.45) is 3.21. The van der Waals surface area contributed by atoms with Crippen molar-refractivity contribution in [3.63, 3.8) is 0 Å². The van der Waals surface area contributed by atoms with Crippen LogP contribution in [0.3, 0.4) is 0 Å². The molecule has 0 atom stereocenters. The standard InChI is InChI=1S/C14H17ClN2O2S/c1-20-10-2-3-12(15)11(8-10)14(19)17-6-4-9(5-7-17)13(16)18/h2-3,8-9H,4-7H2,1H3,(H2,16,18). The molecule has 0 spiro atoms. The number of thioether (sulfide) groups is 1. The molecule has 1 fully saturated rings. The predicted octanol–water partition coefficient (Wildman–Crippen LogP) is 2.40. The fraction of sp³-hybridized carbons (Fsp3) is 0.429. The van der Waals surface area contributed by atoms with Gasteiger partial charge in [0.2, 0.25) is 5.91 Å². The molecule has 108 valence electrons. The van der Waals surface area contributed by atoms with E-state index in [4.69, 9.17) is 17.3 Å². The van der Waals surface area contributed by atoms with Crippen molar-refractivity contribution in [3.8, 4) is 0 Å². The molecule has 1 saturated heterocycles. The first-order valence-corrected chi connectivity index (χ1v) is 8.05. The number of amides is 2. The van der Waals surface area contributed by atoms with Crippen LogP contribution < -0.4 is 5.73 Å². The number of carbonyl (C=O) groups is 2. The fourth-order valence-corrected chi connectivity index (χ4v) is 2.97. The molecule has 1 aromatic rings. The summed E-state index contributed by atoms with van der Waals surface area (Å²) < 4.78 is 0. The summed E-state index contributed by atoms with van der Waals surface area (Å²) in [7, 11) is 0. The van der Waals surface area contributed by atoms with Gasteiger partial charge in [0, 0.05) is 23.9 Å². The highest BCUT2D eigenvalue weighted by atomic mass is 35.5. The molecule has 0 saturated carbocycles. The zero-order chi connectivity index (χ0) is 14.7. The number of nitrogens with zero attached hydrogens (tertiary/aromatic N) is 1. The Hall–Kier alpha value is -1.20. The number of piperidine rings is 1. The highest BCUT2D eigenvalue weighted by Gasteiger charge is 2.27. The van der Waals surface area contributed by atoms with E-state index in [1.807, 2.05) is 18.4 Å². The van der Waals surface area contributed by atoms with Gasteiger partial charge in [-0.3, -0.25) is 9.59 Å². The lowest BCUT2D eigenvalue weighted by Gasteiger charge is -2.30. The molecular formula is C14H17ClN2O2S. The van der Waals surface area contributed by atoms with Crippen LogP contribution in [-0.4, -0.2) is 36.1 Å². The van der Waals surface area contributed by atoms with Crippen LogP contribution in [0.1, 0.15) is 23.2 Å². The van der Waals surface area contributed by atoms with E-state index >= 15 is 0 Å². The van der Waals surface area contributed by atoms with Gasteiger partial charge in [-0.05, 0) is 37.3 Å². The number of halogens is 1. The lowest BCUT2D eigenvalue weighted by molar-refractivity contribution is -0.123. The lowest BCUT2D eigenvalue weighted by atomic mass is 9.96. The van der Waals surface area contributed by atoms with Crippen LogP contribution in [0.2, 0.25) is 5.02 Å². The van der Waals surface area contributed by atoms with E-state index in [1.54, 1.807) is 22.7 Å². The maximum Gasteiger partial charge on any atom is 0.255 e. The van der Waals surface area contributed by atoms with Crippen LogP contribution in [0.4, 0.5) is 0 Å². The van der Waals surface area contributed by atoms with Crippen LogP contribution in [-0.2, 0) is 4.79 Å². The average Bonchev–Trinajstić information content (AvgIpc) is 2.47. The Labute approximate surface area is 127 Å². The van der Waals surface area contributed by atoms with E-state index in [9.17, 15) is 9.59 Å². The van der Waals surface area contributed by atoms with Crippen molar-refractivity contribution in [1.29, 1.82) is 0 Å². The van der Waals surface area contributed by atoms with E-state index in [2.05, 4.69) is 0 Å². The molecule has 0 bridgehead atoms. The number of primary amides is 1. The summed E-state index contributed by atoms with van der Waals surface area (Å²) >= 11 is 7.68. The Bertz CT molecular complexity index is 528. The number of nitrogens with two attached hydrogens (primary N) is 1. The molecule has 0 radical (unpaired) electrons. The van der Waals surface area contributed by atoms with E-state index in [-0.39, 0.29) is 17.7 Å². The van der Waals surface area contributed by atoms with Gasteiger partial charge >= 0.3 is 0 Å². The Kier molecular flexibility index (Phi) is 4.94. The highest BCUT2D eigenvalue weighted by Crippen LogP contribution is 2.26. The summed E-state index contributed by atoms with van der Waals surface area (Å²) in [5.74, 6) is -0.472. The third-order valence-electron chi connectivity index (χ3n) is 3.59. The number of carbonyl (C=O) groups excluding carboxylic acids is 2. The van der Waals surface area contributed by atoms with Gasteiger partial charge in [-0.15, -0.1) is 11.8 Å². The highest BCUT2D eigenvalue weighted by molar-refractivity contribution is 7.98. The van der Waals surface area contributed by atoms with Gasteiger partial charge in [-0.2, -0.15) is 0 Å². The van der Waals surface area contributed by atoms with Gasteiger partial charge in [-0.25, -0.2) is 0 Å². The zero-order valence-electron chi connectivity index (χ0n) is 11.3. The number of hydrogen-bond acceptors (Lipinski definition) is 3. The molecule has 4 nitrogen and oxygen atoms in total. The second-order valence-corrected chi connectivity index (χ2v) is 6.10. The van der Waals surface area contributed by atoms with Gasteiger partial charge in [0.1, 0.15) is 0 Å². The quantitative estimate of drug-likeness (QED) is 0.872. The van der Waals surface area contributed by atoms with Gasteiger partial charge in [0.05, 0.1) is 10.6 Å². The van der Waals surface area contributed by atoms with E-state index in [0.717, 1.165) is 4.90 Å². The van der Waals surface area contributed by atoms with E-state index in [1.165, 1.54) is 0 Å². The fourth-order valence-electron chi connectivity index (χ4n) is 2.33. The summed E-state index contributed by atoms with van der Waals surface area (Å²) in [4.78, 5) is 26.4. The number of rotatable bonds is 3. The molecule has 1 heterocycles. The zero-order valence-corrected chi connectivity index (χ0v) is 12.8. The number of hydrogen-bond donors (Lipinski definition) is 1. The van der Waals surface area contributed by atoms with Gasteiger partial charge < -0.3 is 10.6 Å². The molecule has 2 rings (SSSR count).